The van der Waals surface area contributed by atoms with Crippen molar-refractivity contribution in [2.75, 3.05) is 7.05 Å². The molecular formula is C22H29NO3. The fraction of sp³-hybridized carbons (Fsp3) is 0.409. The zero-order valence-corrected chi connectivity index (χ0v) is 15.9. The van der Waals surface area contributed by atoms with Gasteiger partial charge < -0.3 is 14.7 Å². The van der Waals surface area contributed by atoms with Crippen LogP contribution in [0.4, 0.5) is 0 Å². The van der Waals surface area contributed by atoms with Crippen LogP contribution in [0, 0.1) is 0 Å². The lowest BCUT2D eigenvalue weighted by Gasteiger charge is -2.20. The first-order chi connectivity index (χ1) is 12.5. The molecule has 0 unspecified atom stereocenters. The number of hydrogen-bond acceptors (Lipinski definition) is 3. The van der Waals surface area contributed by atoms with Crippen LogP contribution in [0.15, 0.2) is 48.5 Å². The number of hydrogen-bond donors (Lipinski definition) is 1. The number of amides is 1. The van der Waals surface area contributed by atoms with Gasteiger partial charge in [-0.2, -0.15) is 0 Å². The molecule has 26 heavy (non-hydrogen) atoms. The average Bonchev–Trinajstić information content (AvgIpc) is 2.61. The number of rotatable bonds is 9. The summed E-state index contributed by atoms with van der Waals surface area (Å²) in [6.45, 7) is 4.55. The van der Waals surface area contributed by atoms with Gasteiger partial charge in [0.25, 0.3) is 0 Å². The Kier molecular flexibility index (Phi) is 7.52. The molecule has 0 fully saturated rings. The summed E-state index contributed by atoms with van der Waals surface area (Å²) < 4.78 is 5.83. The fourth-order valence-electron chi connectivity index (χ4n) is 2.81. The molecule has 0 saturated heterocycles. The number of carbonyl (C=O) groups is 1. The summed E-state index contributed by atoms with van der Waals surface area (Å²) >= 11 is 0. The van der Waals surface area contributed by atoms with Gasteiger partial charge in [0.2, 0.25) is 5.91 Å². The highest BCUT2D eigenvalue weighted by Crippen LogP contribution is 2.21. The molecule has 4 heteroatoms. The highest BCUT2D eigenvalue weighted by atomic mass is 16.5. The molecule has 2 rings (SSSR count). The average molecular weight is 355 g/mol. The minimum Gasteiger partial charge on any atom is -0.508 e. The molecule has 0 spiro atoms. The van der Waals surface area contributed by atoms with E-state index in [2.05, 4.69) is 0 Å². The van der Waals surface area contributed by atoms with E-state index in [0.29, 0.717) is 13.0 Å². The van der Waals surface area contributed by atoms with Crippen molar-refractivity contribution >= 4 is 5.91 Å². The molecule has 0 atom stereocenters. The Morgan fingerprint density at radius 1 is 1.08 bits per heavy atom. The minimum atomic E-state index is 0.108. The summed E-state index contributed by atoms with van der Waals surface area (Å²) in [4.78, 5) is 14.2. The first-order valence-corrected chi connectivity index (χ1v) is 9.22. The van der Waals surface area contributed by atoms with Crippen molar-refractivity contribution in [2.45, 2.75) is 52.2 Å². The van der Waals surface area contributed by atoms with E-state index in [-0.39, 0.29) is 17.8 Å². The maximum Gasteiger partial charge on any atom is 0.222 e. The Hall–Kier alpha value is -2.49. The molecule has 0 bridgehead atoms. The SMILES string of the molecule is CC(C)Oc1ccccc1CN(C)C(=O)CCCCc1ccc(O)cc1. The largest absolute Gasteiger partial charge is 0.508 e. The van der Waals surface area contributed by atoms with Crippen LogP contribution >= 0.6 is 0 Å². The molecule has 1 amide bonds. The Balaban J connectivity index is 1.78. The number of benzene rings is 2. The second-order valence-electron chi connectivity index (χ2n) is 6.90. The van der Waals surface area contributed by atoms with Crippen molar-refractivity contribution in [1.82, 2.24) is 4.90 Å². The van der Waals surface area contributed by atoms with E-state index in [0.717, 1.165) is 30.6 Å². The van der Waals surface area contributed by atoms with Gasteiger partial charge in [-0.15, -0.1) is 0 Å². The molecule has 0 saturated carbocycles. The van der Waals surface area contributed by atoms with Gasteiger partial charge in [-0.1, -0.05) is 30.3 Å². The number of aromatic hydroxyl groups is 1. The van der Waals surface area contributed by atoms with Gasteiger partial charge in [0.1, 0.15) is 11.5 Å². The first-order valence-electron chi connectivity index (χ1n) is 9.22. The van der Waals surface area contributed by atoms with Crippen molar-refractivity contribution in [2.24, 2.45) is 0 Å². The maximum absolute atomic E-state index is 12.4. The third-order valence-electron chi connectivity index (χ3n) is 4.21. The number of ether oxygens (including phenoxy) is 1. The predicted octanol–water partition coefficient (Wildman–Crippen LogP) is 4.55. The van der Waals surface area contributed by atoms with E-state index < -0.39 is 0 Å². The third-order valence-corrected chi connectivity index (χ3v) is 4.21. The lowest BCUT2D eigenvalue weighted by molar-refractivity contribution is -0.130. The molecule has 0 heterocycles. The minimum absolute atomic E-state index is 0.108. The van der Waals surface area contributed by atoms with E-state index in [1.54, 1.807) is 17.0 Å². The van der Waals surface area contributed by atoms with E-state index >= 15 is 0 Å². The number of aryl methyl sites for hydroxylation is 1. The summed E-state index contributed by atoms with van der Waals surface area (Å²) in [7, 11) is 1.84. The van der Waals surface area contributed by atoms with Gasteiger partial charge in [-0.3, -0.25) is 4.79 Å². The number of unbranched alkanes of at least 4 members (excludes halogenated alkanes) is 1. The predicted molar refractivity (Wildman–Crippen MR) is 104 cm³/mol. The first kappa shape index (κ1) is 19.8. The summed E-state index contributed by atoms with van der Waals surface area (Å²) in [5.41, 5.74) is 2.21. The summed E-state index contributed by atoms with van der Waals surface area (Å²) in [5, 5.41) is 9.29. The van der Waals surface area contributed by atoms with E-state index in [4.69, 9.17) is 4.74 Å². The topological polar surface area (TPSA) is 49.8 Å². The Labute approximate surface area is 156 Å². The van der Waals surface area contributed by atoms with E-state index in [9.17, 15) is 9.90 Å². The molecule has 0 aromatic heterocycles. The highest BCUT2D eigenvalue weighted by Gasteiger charge is 2.12. The van der Waals surface area contributed by atoms with E-state index in [1.165, 1.54) is 5.56 Å². The molecular weight excluding hydrogens is 326 g/mol. The van der Waals surface area contributed by atoms with Gasteiger partial charge in [0.15, 0.2) is 0 Å². The zero-order chi connectivity index (χ0) is 18.9. The van der Waals surface area contributed by atoms with Crippen LogP contribution in [0.3, 0.4) is 0 Å². The second-order valence-corrected chi connectivity index (χ2v) is 6.90. The third kappa shape index (κ3) is 6.43. The molecule has 0 aliphatic heterocycles. The highest BCUT2D eigenvalue weighted by molar-refractivity contribution is 5.75. The van der Waals surface area contributed by atoms with Crippen molar-refractivity contribution in [3.63, 3.8) is 0 Å². The van der Waals surface area contributed by atoms with Crippen molar-refractivity contribution in [3.8, 4) is 11.5 Å². The monoisotopic (exact) mass is 355 g/mol. The normalized spacial score (nSPS) is 10.8. The molecule has 0 radical (unpaired) electrons. The quantitative estimate of drug-likeness (QED) is 0.671. The lowest BCUT2D eigenvalue weighted by atomic mass is 10.1. The molecule has 140 valence electrons. The number of para-hydroxylation sites is 1. The van der Waals surface area contributed by atoms with Crippen LogP contribution in [-0.2, 0) is 17.8 Å². The number of phenolic OH excluding ortho intramolecular Hbond substituents is 1. The van der Waals surface area contributed by atoms with Crippen molar-refractivity contribution in [3.05, 3.63) is 59.7 Å². The van der Waals surface area contributed by atoms with Crippen LogP contribution < -0.4 is 4.74 Å². The van der Waals surface area contributed by atoms with Gasteiger partial charge in [0.05, 0.1) is 6.10 Å². The molecule has 0 aliphatic carbocycles. The van der Waals surface area contributed by atoms with Crippen LogP contribution in [0.5, 0.6) is 11.5 Å². The zero-order valence-electron chi connectivity index (χ0n) is 15.9. The second kappa shape index (κ2) is 9.85. The molecule has 1 N–H and O–H groups in total. The Morgan fingerprint density at radius 3 is 2.46 bits per heavy atom. The van der Waals surface area contributed by atoms with Crippen molar-refractivity contribution in [1.29, 1.82) is 0 Å². The Bertz CT molecular complexity index is 695. The van der Waals surface area contributed by atoms with Crippen LogP contribution in [-0.4, -0.2) is 29.1 Å². The fourth-order valence-corrected chi connectivity index (χ4v) is 2.81. The summed E-state index contributed by atoms with van der Waals surface area (Å²) in [6, 6.07) is 15.1. The number of phenols is 1. The molecule has 0 aliphatic rings. The van der Waals surface area contributed by atoms with Gasteiger partial charge in [0, 0.05) is 25.6 Å². The lowest BCUT2D eigenvalue weighted by Crippen LogP contribution is -2.26. The van der Waals surface area contributed by atoms with Crippen LogP contribution in [0.1, 0.15) is 44.2 Å². The van der Waals surface area contributed by atoms with Crippen molar-refractivity contribution < 1.29 is 14.6 Å². The molecule has 2 aromatic rings. The summed E-state index contributed by atoms with van der Waals surface area (Å²) in [5.74, 6) is 1.27. The number of nitrogens with zero attached hydrogens (tertiary/aromatic N) is 1. The standard InChI is InChI=1S/C22H29NO3/c1-17(2)26-21-10-6-5-9-19(21)16-23(3)22(25)11-7-4-8-18-12-14-20(24)15-13-18/h5-6,9-10,12-15,17,24H,4,7-8,11,16H2,1-3H3. The summed E-state index contributed by atoms with van der Waals surface area (Å²) in [6.07, 6.45) is 3.38. The van der Waals surface area contributed by atoms with Crippen LogP contribution in [0.25, 0.3) is 0 Å². The molecule has 2 aromatic carbocycles. The smallest absolute Gasteiger partial charge is 0.222 e. The van der Waals surface area contributed by atoms with Gasteiger partial charge in [-0.05, 0) is 56.9 Å². The number of carbonyl (C=O) groups excluding carboxylic acids is 1. The molecule has 4 nitrogen and oxygen atoms in total. The maximum atomic E-state index is 12.4. The van der Waals surface area contributed by atoms with Gasteiger partial charge in [-0.25, -0.2) is 0 Å². The van der Waals surface area contributed by atoms with Crippen LogP contribution in [0.2, 0.25) is 0 Å². The Morgan fingerprint density at radius 2 is 1.77 bits per heavy atom. The van der Waals surface area contributed by atoms with Gasteiger partial charge >= 0.3 is 0 Å². The van der Waals surface area contributed by atoms with E-state index in [1.807, 2.05) is 57.3 Å².